The van der Waals surface area contributed by atoms with Gasteiger partial charge in [0.15, 0.2) is 0 Å². The van der Waals surface area contributed by atoms with E-state index in [-0.39, 0.29) is 18.9 Å². The van der Waals surface area contributed by atoms with Gasteiger partial charge in [0.05, 0.1) is 12.4 Å². The van der Waals surface area contributed by atoms with Crippen LogP contribution in [0.1, 0.15) is 11.1 Å². The highest BCUT2D eigenvalue weighted by Crippen LogP contribution is 2.08. The zero-order chi connectivity index (χ0) is 15.7. The molecule has 0 spiro atoms. The Labute approximate surface area is 123 Å². The topological polar surface area (TPSA) is 67.4 Å². The van der Waals surface area contributed by atoms with Crippen LogP contribution in [0.3, 0.4) is 0 Å². The first kappa shape index (κ1) is 18.0. The van der Waals surface area contributed by atoms with Gasteiger partial charge >= 0.3 is 0 Å². The highest BCUT2D eigenvalue weighted by molar-refractivity contribution is 7.88. The van der Waals surface area contributed by atoms with Crippen LogP contribution >= 0.6 is 0 Å². The van der Waals surface area contributed by atoms with E-state index in [2.05, 4.69) is 14.8 Å². The molecule has 1 aromatic carbocycles. The van der Waals surface area contributed by atoms with Crippen molar-refractivity contribution in [2.24, 2.45) is 0 Å². The smallest absolute Gasteiger partial charge is 0.261 e. The first-order valence-corrected chi connectivity index (χ1v) is 8.14. The molecule has 0 aliphatic carbocycles. The van der Waals surface area contributed by atoms with E-state index in [9.17, 15) is 17.2 Å². The fourth-order valence-corrected chi connectivity index (χ4v) is 2.86. The molecule has 0 aliphatic rings. The second-order valence-corrected chi connectivity index (χ2v) is 6.28. The third-order valence-electron chi connectivity index (χ3n) is 2.54. The summed E-state index contributed by atoms with van der Waals surface area (Å²) in [5.74, 6) is -0.153. The lowest BCUT2D eigenvalue weighted by atomic mass is 10.1. The summed E-state index contributed by atoms with van der Waals surface area (Å²) in [5.41, 5.74) is 1.66. The molecule has 21 heavy (non-hydrogen) atoms. The fraction of sp³-hybridized carbons (Fsp3) is 0.538. The van der Waals surface area contributed by atoms with E-state index >= 15 is 0 Å². The third kappa shape index (κ3) is 8.05. The SMILES string of the molecule is CNCc1cccc(CS(=O)(=O)NCCOCC(F)F)c1. The predicted molar refractivity (Wildman–Crippen MR) is 76.7 cm³/mol. The lowest BCUT2D eigenvalue weighted by Gasteiger charge is -2.08. The highest BCUT2D eigenvalue weighted by atomic mass is 32.2. The van der Waals surface area contributed by atoms with Gasteiger partial charge in [-0.05, 0) is 18.2 Å². The zero-order valence-corrected chi connectivity index (χ0v) is 12.6. The molecule has 0 aromatic heterocycles. The second-order valence-electron chi connectivity index (χ2n) is 4.47. The number of hydrogen-bond donors (Lipinski definition) is 2. The van der Waals surface area contributed by atoms with E-state index in [0.29, 0.717) is 12.1 Å². The van der Waals surface area contributed by atoms with E-state index < -0.39 is 23.1 Å². The Hall–Kier alpha value is -1.09. The van der Waals surface area contributed by atoms with E-state index in [0.717, 1.165) is 5.56 Å². The Morgan fingerprint density at radius 2 is 2.00 bits per heavy atom. The molecule has 5 nitrogen and oxygen atoms in total. The van der Waals surface area contributed by atoms with Crippen LogP contribution in [0.5, 0.6) is 0 Å². The fourth-order valence-electron chi connectivity index (χ4n) is 1.75. The van der Waals surface area contributed by atoms with Gasteiger partial charge in [0, 0.05) is 13.1 Å². The highest BCUT2D eigenvalue weighted by Gasteiger charge is 2.11. The molecule has 0 atom stereocenters. The van der Waals surface area contributed by atoms with E-state index in [1.165, 1.54) is 0 Å². The van der Waals surface area contributed by atoms with Crippen molar-refractivity contribution in [2.75, 3.05) is 26.8 Å². The average molecular weight is 322 g/mol. The number of sulfonamides is 1. The molecule has 0 saturated heterocycles. The molecule has 0 saturated carbocycles. The summed E-state index contributed by atoms with van der Waals surface area (Å²) in [5, 5.41) is 2.99. The van der Waals surface area contributed by atoms with E-state index in [1.54, 1.807) is 12.1 Å². The molecule has 2 N–H and O–H groups in total. The van der Waals surface area contributed by atoms with Gasteiger partial charge in [-0.3, -0.25) is 0 Å². The number of alkyl halides is 2. The number of nitrogens with one attached hydrogen (secondary N) is 2. The van der Waals surface area contributed by atoms with Gasteiger partial charge in [0.1, 0.15) is 6.61 Å². The van der Waals surface area contributed by atoms with Crippen LogP contribution in [0.25, 0.3) is 0 Å². The number of halogens is 2. The lowest BCUT2D eigenvalue weighted by Crippen LogP contribution is -2.29. The van der Waals surface area contributed by atoms with E-state index in [1.807, 2.05) is 19.2 Å². The van der Waals surface area contributed by atoms with Gasteiger partial charge in [-0.2, -0.15) is 0 Å². The molecular weight excluding hydrogens is 302 g/mol. The minimum atomic E-state index is -3.50. The molecule has 0 bridgehead atoms. The summed E-state index contributed by atoms with van der Waals surface area (Å²) in [6.07, 6.45) is -2.54. The monoisotopic (exact) mass is 322 g/mol. The van der Waals surface area contributed by atoms with Crippen LogP contribution in [0.15, 0.2) is 24.3 Å². The first-order chi connectivity index (χ1) is 9.93. The molecule has 1 rings (SSSR count). The van der Waals surface area contributed by atoms with Gasteiger partial charge in [0.25, 0.3) is 6.43 Å². The molecule has 0 unspecified atom stereocenters. The minimum Gasteiger partial charge on any atom is -0.374 e. The maximum atomic E-state index is 11.8. The van der Waals surface area contributed by atoms with Crippen LogP contribution in [0, 0.1) is 0 Å². The molecule has 0 heterocycles. The molecule has 0 radical (unpaired) electrons. The van der Waals surface area contributed by atoms with Gasteiger partial charge < -0.3 is 10.1 Å². The molecule has 0 aliphatic heterocycles. The number of rotatable bonds is 10. The summed E-state index contributed by atoms with van der Waals surface area (Å²) in [4.78, 5) is 0. The Balaban J connectivity index is 2.43. The predicted octanol–water partition coefficient (Wildman–Crippen LogP) is 1.11. The van der Waals surface area contributed by atoms with Crippen LogP contribution < -0.4 is 10.0 Å². The van der Waals surface area contributed by atoms with Gasteiger partial charge in [-0.15, -0.1) is 0 Å². The quantitative estimate of drug-likeness (QED) is 0.633. The number of benzene rings is 1. The maximum Gasteiger partial charge on any atom is 0.261 e. The van der Waals surface area contributed by atoms with Crippen molar-refractivity contribution in [3.8, 4) is 0 Å². The van der Waals surface area contributed by atoms with E-state index in [4.69, 9.17) is 0 Å². The van der Waals surface area contributed by atoms with Crippen molar-refractivity contribution >= 4 is 10.0 Å². The number of hydrogen-bond acceptors (Lipinski definition) is 4. The summed E-state index contributed by atoms with van der Waals surface area (Å²) in [6.45, 7) is -0.134. The number of ether oxygens (including phenoxy) is 1. The Morgan fingerprint density at radius 1 is 1.29 bits per heavy atom. The minimum absolute atomic E-state index is 0.0226. The lowest BCUT2D eigenvalue weighted by molar-refractivity contribution is 0.0199. The van der Waals surface area contributed by atoms with Gasteiger partial charge in [-0.25, -0.2) is 21.9 Å². The van der Waals surface area contributed by atoms with Crippen molar-refractivity contribution in [1.29, 1.82) is 0 Å². The van der Waals surface area contributed by atoms with Gasteiger partial charge in [-0.1, -0.05) is 24.3 Å². The van der Waals surface area contributed by atoms with Crippen molar-refractivity contribution in [2.45, 2.75) is 18.7 Å². The third-order valence-corrected chi connectivity index (χ3v) is 3.90. The molecule has 1 aromatic rings. The molecular formula is C13H20F2N2O3S. The summed E-state index contributed by atoms with van der Waals surface area (Å²) in [7, 11) is -1.70. The normalized spacial score (nSPS) is 12.0. The van der Waals surface area contributed by atoms with Gasteiger partial charge in [0.2, 0.25) is 10.0 Å². The van der Waals surface area contributed by atoms with Crippen LogP contribution in [-0.2, 0) is 27.1 Å². The molecule has 8 heteroatoms. The second kappa shape index (κ2) is 9.04. The van der Waals surface area contributed by atoms with Crippen LogP contribution in [-0.4, -0.2) is 41.6 Å². The van der Waals surface area contributed by atoms with Crippen molar-refractivity contribution < 1.29 is 21.9 Å². The molecule has 0 fully saturated rings. The van der Waals surface area contributed by atoms with Crippen LogP contribution in [0.4, 0.5) is 8.78 Å². The Morgan fingerprint density at radius 3 is 2.67 bits per heavy atom. The maximum absolute atomic E-state index is 11.8. The van der Waals surface area contributed by atoms with Crippen molar-refractivity contribution in [3.05, 3.63) is 35.4 Å². The Bertz CT molecular complexity index is 524. The summed E-state index contributed by atoms with van der Waals surface area (Å²) in [6, 6.07) is 7.23. The summed E-state index contributed by atoms with van der Waals surface area (Å²) >= 11 is 0. The molecule has 120 valence electrons. The first-order valence-electron chi connectivity index (χ1n) is 6.48. The standard InChI is InChI=1S/C13H20F2N2O3S/c1-16-8-11-3-2-4-12(7-11)10-21(18,19)17-5-6-20-9-13(14)15/h2-4,7,13,16-17H,5-6,8-10H2,1H3. The van der Waals surface area contributed by atoms with Crippen molar-refractivity contribution in [1.82, 2.24) is 10.0 Å². The van der Waals surface area contributed by atoms with Crippen molar-refractivity contribution in [3.63, 3.8) is 0 Å². The largest absolute Gasteiger partial charge is 0.374 e. The van der Waals surface area contributed by atoms with Crippen LogP contribution in [0.2, 0.25) is 0 Å². The molecule has 0 amide bonds. The summed E-state index contributed by atoms with van der Waals surface area (Å²) < 4.78 is 54.2. The average Bonchev–Trinajstić information content (AvgIpc) is 2.38. The zero-order valence-electron chi connectivity index (χ0n) is 11.8. The Kier molecular flexibility index (Phi) is 7.73.